The van der Waals surface area contributed by atoms with Crippen molar-refractivity contribution in [2.75, 3.05) is 6.54 Å². The van der Waals surface area contributed by atoms with E-state index < -0.39 is 15.3 Å². The zero-order valence-electron chi connectivity index (χ0n) is 8.80. The summed E-state index contributed by atoms with van der Waals surface area (Å²) in [6.07, 6.45) is 1.51. The molecule has 86 valence electrons. The molecule has 1 rings (SSSR count). The van der Waals surface area contributed by atoms with Crippen LogP contribution in [0.1, 0.15) is 25.6 Å². The van der Waals surface area contributed by atoms with Gasteiger partial charge in [-0.05, 0) is 26.0 Å². The van der Waals surface area contributed by atoms with Crippen LogP contribution in [0, 0.1) is 0 Å². The average Bonchev–Trinajstić information content (AvgIpc) is 2.68. The van der Waals surface area contributed by atoms with Crippen molar-refractivity contribution in [2.24, 2.45) is 5.73 Å². The van der Waals surface area contributed by atoms with Gasteiger partial charge in [-0.2, -0.15) is 0 Å². The van der Waals surface area contributed by atoms with E-state index in [0.717, 1.165) is 0 Å². The van der Waals surface area contributed by atoms with Crippen molar-refractivity contribution in [1.29, 1.82) is 0 Å². The molecule has 0 saturated heterocycles. The highest BCUT2D eigenvalue weighted by atomic mass is 32.2. The van der Waals surface area contributed by atoms with Crippen LogP contribution in [0.25, 0.3) is 0 Å². The molecule has 0 fully saturated rings. The first kappa shape index (κ1) is 12.2. The van der Waals surface area contributed by atoms with Crippen molar-refractivity contribution in [2.45, 2.75) is 25.1 Å². The van der Waals surface area contributed by atoms with Crippen LogP contribution in [0.2, 0.25) is 0 Å². The lowest BCUT2D eigenvalue weighted by Gasteiger charge is -2.15. The normalized spacial score (nSPS) is 16.2. The molecule has 2 atom stereocenters. The first-order valence-electron chi connectivity index (χ1n) is 4.72. The van der Waals surface area contributed by atoms with Crippen LogP contribution in [-0.2, 0) is 10.0 Å². The van der Waals surface area contributed by atoms with Gasteiger partial charge in [0.25, 0.3) is 0 Å². The van der Waals surface area contributed by atoms with E-state index in [0.29, 0.717) is 5.76 Å². The number of sulfonamides is 1. The largest absolute Gasteiger partial charge is 0.468 e. The SMILES string of the molecule is CC(NS(=O)(=O)C(C)CN)c1ccco1. The van der Waals surface area contributed by atoms with Crippen LogP contribution in [0.15, 0.2) is 22.8 Å². The number of nitrogens with one attached hydrogen (secondary N) is 1. The summed E-state index contributed by atoms with van der Waals surface area (Å²) in [5.41, 5.74) is 5.31. The molecule has 6 heteroatoms. The third-order valence-corrected chi connectivity index (χ3v) is 4.11. The van der Waals surface area contributed by atoms with E-state index in [1.807, 2.05) is 0 Å². The molecule has 0 bridgehead atoms. The van der Waals surface area contributed by atoms with Crippen molar-refractivity contribution < 1.29 is 12.8 Å². The number of nitrogens with two attached hydrogens (primary N) is 1. The Morgan fingerprint density at radius 2 is 2.20 bits per heavy atom. The van der Waals surface area contributed by atoms with E-state index >= 15 is 0 Å². The van der Waals surface area contributed by atoms with E-state index in [2.05, 4.69) is 4.72 Å². The van der Waals surface area contributed by atoms with Gasteiger partial charge in [0.2, 0.25) is 10.0 Å². The summed E-state index contributed by atoms with van der Waals surface area (Å²) in [7, 11) is -3.37. The van der Waals surface area contributed by atoms with Crippen molar-refractivity contribution in [3.8, 4) is 0 Å². The summed E-state index contributed by atoms with van der Waals surface area (Å²) in [6.45, 7) is 3.39. The van der Waals surface area contributed by atoms with Gasteiger partial charge in [-0.1, -0.05) is 0 Å². The molecule has 0 radical (unpaired) electrons. The van der Waals surface area contributed by atoms with Gasteiger partial charge < -0.3 is 10.2 Å². The Bertz CT molecular complexity index is 385. The second kappa shape index (κ2) is 4.78. The molecular weight excluding hydrogens is 216 g/mol. The fraction of sp³-hybridized carbons (Fsp3) is 0.556. The van der Waals surface area contributed by atoms with Gasteiger partial charge in [0.15, 0.2) is 0 Å². The molecule has 5 nitrogen and oxygen atoms in total. The highest BCUT2D eigenvalue weighted by Gasteiger charge is 2.22. The monoisotopic (exact) mass is 232 g/mol. The molecule has 3 N–H and O–H groups in total. The average molecular weight is 232 g/mol. The minimum absolute atomic E-state index is 0.0974. The van der Waals surface area contributed by atoms with Gasteiger partial charge in [-0.3, -0.25) is 0 Å². The Morgan fingerprint density at radius 3 is 2.67 bits per heavy atom. The topological polar surface area (TPSA) is 85.3 Å². The van der Waals surface area contributed by atoms with Crippen molar-refractivity contribution >= 4 is 10.0 Å². The summed E-state index contributed by atoms with van der Waals surface area (Å²) < 4.78 is 30.9. The molecular formula is C9H16N2O3S. The zero-order valence-corrected chi connectivity index (χ0v) is 9.62. The maximum Gasteiger partial charge on any atom is 0.216 e. The predicted octanol–water partition coefficient (Wildman–Crippen LogP) is 0.607. The van der Waals surface area contributed by atoms with Crippen LogP contribution < -0.4 is 10.5 Å². The van der Waals surface area contributed by atoms with E-state index in [4.69, 9.17) is 10.2 Å². The molecule has 0 aliphatic carbocycles. The van der Waals surface area contributed by atoms with Crippen LogP contribution in [0.5, 0.6) is 0 Å². The maximum absolute atomic E-state index is 11.6. The summed E-state index contributed by atoms with van der Waals surface area (Å²) in [4.78, 5) is 0. The molecule has 0 saturated carbocycles. The Hall–Kier alpha value is -0.850. The second-order valence-corrected chi connectivity index (χ2v) is 5.58. The van der Waals surface area contributed by atoms with Gasteiger partial charge in [0, 0.05) is 6.54 Å². The van der Waals surface area contributed by atoms with E-state index in [1.54, 1.807) is 26.0 Å². The Balaban J connectivity index is 2.70. The minimum atomic E-state index is -3.37. The number of hydrogen-bond acceptors (Lipinski definition) is 4. The molecule has 1 heterocycles. The molecule has 0 spiro atoms. The van der Waals surface area contributed by atoms with Crippen LogP contribution in [0.4, 0.5) is 0 Å². The molecule has 0 aliphatic heterocycles. The Morgan fingerprint density at radius 1 is 1.53 bits per heavy atom. The van der Waals surface area contributed by atoms with Gasteiger partial charge in [0.1, 0.15) is 5.76 Å². The summed E-state index contributed by atoms with van der Waals surface area (Å²) >= 11 is 0. The molecule has 1 aromatic heterocycles. The van der Waals surface area contributed by atoms with Crippen LogP contribution >= 0.6 is 0 Å². The first-order valence-corrected chi connectivity index (χ1v) is 6.26. The van der Waals surface area contributed by atoms with Crippen molar-refractivity contribution in [1.82, 2.24) is 4.72 Å². The quantitative estimate of drug-likeness (QED) is 0.778. The summed E-state index contributed by atoms with van der Waals surface area (Å²) in [6, 6.07) is 3.06. The third-order valence-electron chi connectivity index (χ3n) is 2.17. The number of furan rings is 1. The summed E-state index contributed by atoms with van der Waals surface area (Å²) in [5.74, 6) is 0.586. The second-order valence-electron chi connectivity index (χ2n) is 3.45. The lowest BCUT2D eigenvalue weighted by atomic mass is 10.3. The first-order chi connectivity index (χ1) is 6.97. The Labute approximate surface area is 89.7 Å². The summed E-state index contributed by atoms with van der Waals surface area (Å²) in [5, 5.41) is -0.602. The standard InChI is InChI=1S/C9H16N2O3S/c1-7(6-10)15(12,13)11-8(2)9-4-3-5-14-9/h3-5,7-8,11H,6,10H2,1-2H3. The highest BCUT2D eigenvalue weighted by molar-refractivity contribution is 7.90. The number of rotatable bonds is 5. The lowest BCUT2D eigenvalue weighted by molar-refractivity contribution is 0.457. The predicted molar refractivity (Wildman–Crippen MR) is 57.7 cm³/mol. The smallest absolute Gasteiger partial charge is 0.216 e. The van der Waals surface area contributed by atoms with E-state index in [1.165, 1.54) is 6.26 Å². The maximum atomic E-state index is 11.6. The Kier molecular flexibility index (Phi) is 3.90. The van der Waals surface area contributed by atoms with E-state index in [9.17, 15) is 8.42 Å². The van der Waals surface area contributed by atoms with Crippen molar-refractivity contribution in [3.05, 3.63) is 24.2 Å². The molecule has 1 aromatic rings. The highest BCUT2D eigenvalue weighted by Crippen LogP contribution is 2.14. The molecule has 0 amide bonds. The van der Waals surface area contributed by atoms with Gasteiger partial charge in [-0.15, -0.1) is 0 Å². The molecule has 0 aliphatic rings. The third kappa shape index (κ3) is 3.05. The van der Waals surface area contributed by atoms with E-state index in [-0.39, 0.29) is 12.6 Å². The fourth-order valence-corrected chi connectivity index (χ4v) is 2.18. The van der Waals surface area contributed by atoms with Crippen molar-refractivity contribution in [3.63, 3.8) is 0 Å². The van der Waals surface area contributed by atoms with Gasteiger partial charge in [-0.25, -0.2) is 13.1 Å². The fourth-order valence-electron chi connectivity index (χ4n) is 1.08. The van der Waals surface area contributed by atoms with Crippen LogP contribution in [0.3, 0.4) is 0 Å². The molecule has 0 aromatic carbocycles. The van der Waals surface area contributed by atoms with Gasteiger partial charge in [0.05, 0.1) is 17.6 Å². The molecule has 2 unspecified atom stereocenters. The lowest BCUT2D eigenvalue weighted by Crippen LogP contribution is -2.38. The zero-order chi connectivity index (χ0) is 11.5. The number of hydrogen-bond donors (Lipinski definition) is 2. The van der Waals surface area contributed by atoms with Crippen LogP contribution in [-0.4, -0.2) is 20.2 Å². The molecule has 15 heavy (non-hydrogen) atoms. The van der Waals surface area contributed by atoms with Gasteiger partial charge >= 0.3 is 0 Å². The minimum Gasteiger partial charge on any atom is -0.468 e.